The van der Waals surface area contributed by atoms with E-state index in [4.69, 9.17) is 0 Å². The molecule has 0 aromatic carbocycles. The Morgan fingerprint density at radius 2 is 2.32 bits per heavy atom. The highest BCUT2D eigenvalue weighted by Gasteiger charge is 2.33. The van der Waals surface area contributed by atoms with Gasteiger partial charge in [0, 0.05) is 19.3 Å². The second-order valence-electron chi connectivity index (χ2n) is 6.03. The molecule has 0 saturated heterocycles. The third kappa shape index (κ3) is 3.18. The highest BCUT2D eigenvalue weighted by atomic mass is 16.3. The molecule has 2 unspecified atom stereocenters. The second kappa shape index (κ2) is 5.37. The smallest absolute Gasteiger partial charge is 0.268 e. The average Bonchev–Trinajstić information content (AvgIpc) is 2.67. The van der Waals surface area contributed by atoms with Gasteiger partial charge < -0.3 is 15.0 Å². The number of nitrogens with one attached hydrogen (secondary N) is 1. The molecule has 0 radical (unpaired) electrons. The summed E-state index contributed by atoms with van der Waals surface area (Å²) >= 11 is 0. The number of hydrogen-bond acceptors (Lipinski definition) is 2. The molecule has 1 amide bonds. The molecule has 1 heterocycles. The largest absolute Gasteiger partial charge is 0.388 e. The summed E-state index contributed by atoms with van der Waals surface area (Å²) in [6.07, 6.45) is 3.77. The SMILES string of the molecule is Cc1ccc(C(=O)NCC2(O)CCCC(C)C2)n1C. The Morgan fingerprint density at radius 3 is 2.89 bits per heavy atom. The third-order valence-electron chi connectivity index (χ3n) is 4.25. The zero-order valence-corrected chi connectivity index (χ0v) is 12.1. The highest BCUT2D eigenvalue weighted by molar-refractivity contribution is 5.92. The molecule has 1 aliphatic rings. The molecule has 4 nitrogen and oxygen atoms in total. The van der Waals surface area contributed by atoms with Crippen LogP contribution in [0.15, 0.2) is 12.1 Å². The van der Waals surface area contributed by atoms with Crippen molar-refractivity contribution in [1.82, 2.24) is 9.88 Å². The van der Waals surface area contributed by atoms with Crippen LogP contribution >= 0.6 is 0 Å². The number of nitrogens with zero attached hydrogens (tertiary/aromatic N) is 1. The fourth-order valence-corrected chi connectivity index (χ4v) is 2.97. The van der Waals surface area contributed by atoms with E-state index in [2.05, 4.69) is 12.2 Å². The quantitative estimate of drug-likeness (QED) is 0.877. The Labute approximate surface area is 114 Å². The van der Waals surface area contributed by atoms with Crippen LogP contribution in [-0.2, 0) is 7.05 Å². The molecule has 4 heteroatoms. The molecule has 2 atom stereocenters. The zero-order chi connectivity index (χ0) is 14.0. The van der Waals surface area contributed by atoms with Gasteiger partial charge in [-0.15, -0.1) is 0 Å². The maximum absolute atomic E-state index is 12.1. The van der Waals surface area contributed by atoms with Gasteiger partial charge in [0.05, 0.1) is 5.60 Å². The fourth-order valence-electron chi connectivity index (χ4n) is 2.97. The molecule has 1 fully saturated rings. The van der Waals surface area contributed by atoms with Crippen LogP contribution in [0.3, 0.4) is 0 Å². The summed E-state index contributed by atoms with van der Waals surface area (Å²) in [5.41, 5.74) is 0.966. The average molecular weight is 264 g/mol. The van der Waals surface area contributed by atoms with Gasteiger partial charge >= 0.3 is 0 Å². The Balaban J connectivity index is 1.95. The number of amides is 1. The van der Waals surface area contributed by atoms with Crippen molar-refractivity contribution in [3.8, 4) is 0 Å². The van der Waals surface area contributed by atoms with Crippen LogP contribution in [0.2, 0.25) is 0 Å². The minimum atomic E-state index is -0.729. The van der Waals surface area contributed by atoms with Crippen LogP contribution in [0.5, 0.6) is 0 Å². The standard InChI is InChI=1S/C15H24N2O2/c1-11-5-4-8-15(19,9-11)10-16-14(18)13-7-6-12(2)17(13)3/h6-7,11,19H,4-5,8-10H2,1-3H3,(H,16,18). The van der Waals surface area contributed by atoms with Crippen molar-refractivity contribution < 1.29 is 9.90 Å². The van der Waals surface area contributed by atoms with Crippen LogP contribution in [0.25, 0.3) is 0 Å². The summed E-state index contributed by atoms with van der Waals surface area (Å²) in [6.45, 7) is 4.47. The summed E-state index contributed by atoms with van der Waals surface area (Å²) < 4.78 is 1.86. The number of hydrogen-bond donors (Lipinski definition) is 2. The van der Waals surface area contributed by atoms with Crippen molar-refractivity contribution in [3.63, 3.8) is 0 Å². The lowest BCUT2D eigenvalue weighted by Gasteiger charge is -2.35. The number of aryl methyl sites for hydroxylation is 1. The number of rotatable bonds is 3. The molecule has 106 valence electrons. The van der Waals surface area contributed by atoms with Crippen LogP contribution in [-0.4, -0.2) is 27.7 Å². The maximum atomic E-state index is 12.1. The first-order valence-corrected chi connectivity index (χ1v) is 7.04. The predicted molar refractivity (Wildman–Crippen MR) is 75.1 cm³/mol. The Hall–Kier alpha value is -1.29. The van der Waals surface area contributed by atoms with Crippen LogP contribution in [0.1, 0.15) is 48.8 Å². The minimum absolute atomic E-state index is 0.109. The van der Waals surface area contributed by atoms with Crippen LogP contribution in [0, 0.1) is 12.8 Å². The molecule has 1 aliphatic carbocycles. The highest BCUT2D eigenvalue weighted by Crippen LogP contribution is 2.31. The monoisotopic (exact) mass is 264 g/mol. The van der Waals surface area contributed by atoms with E-state index in [-0.39, 0.29) is 5.91 Å². The maximum Gasteiger partial charge on any atom is 0.268 e. The van der Waals surface area contributed by atoms with Crippen molar-refractivity contribution in [2.75, 3.05) is 6.54 Å². The summed E-state index contributed by atoms with van der Waals surface area (Å²) in [6, 6.07) is 3.74. The molecule has 0 aliphatic heterocycles. The first kappa shape index (κ1) is 14.1. The Morgan fingerprint density at radius 1 is 1.58 bits per heavy atom. The van der Waals surface area contributed by atoms with E-state index >= 15 is 0 Å². The molecule has 2 N–H and O–H groups in total. The summed E-state index contributed by atoms with van der Waals surface area (Å²) in [4.78, 5) is 12.1. The number of aliphatic hydroxyl groups is 1. The molecule has 0 spiro atoms. The summed E-state index contributed by atoms with van der Waals surface area (Å²) in [7, 11) is 1.88. The molecule has 1 aromatic heterocycles. The predicted octanol–water partition coefficient (Wildman–Crippen LogP) is 2.00. The topological polar surface area (TPSA) is 54.3 Å². The van der Waals surface area contributed by atoms with Crippen LogP contribution in [0.4, 0.5) is 0 Å². The number of carbonyl (C=O) groups excluding carboxylic acids is 1. The van der Waals surface area contributed by atoms with E-state index in [0.717, 1.165) is 25.0 Å². The fraction of sp³-hybridized carbons (Fsp3) is 0.667. The molecule has 0 bridgehead atoms. The summed E-state index contributed by atoms with van der Waals surface area (Å²) in [5, 5.41) is 13.4. The summed E-state index contributed by atoms with van der Waals surface area (Å²) in [5.74, 6) is 0.426. The second-order valence-corrected chi connectivity index (χ2v) is 6.03. The molecular formula is C15H24N2O2. The van der Waals surface area contributed by atoms with Crippen molar-refractivity contribution in [2.24, 2.45) is 13.0 Å². The van der Waals surface area contributed by atoms with Crippen molar-refractivity contribution in [3.05, 3.63) is 23.5 Å². The van der Waals surface area contributed by atoms with Gasteiger partial charge in [-0.3, -0.25) is 4.79 Å². The molecule has 2 rings (SSSR count). The Kier molecular flexibility index (Phi) is 3.99. The Bertz CT molecular complexity index is 467. The van der Waals surface area contributed by atoms with E-state index in [1.807, 2.05) is 30.7 Å². The lowest BCUT2D eigenvalue weighted by atomic mass is 9.79. The number of carbonyl (C=O) groups is 1. The van der Waals surface area contributed by atoms with Gasteiger partial charge in [0.1, 0.15) is 5.69 Å². The first-order chi connectivity index (χ1) is 8.91. The van der Waals surface area contributed by atoms with E-state index < -0.39 is 5.60 Å². The lowest BCUT2D eigenvalue weighted by Crippen LogP contribution is -2.46. The van der Waals surface area contributed by atoms with Gasteiger partial charge in [-0.2, -0.15) is 0 Å². The van der Waals surface area contributed by atoms with E-state index in [1.54, 1.807) is 0 Å². The molecule has 19 heavy (non-hydrogen) atoms. The number of aromatic nitrogens is 1. The van der Waals surface area contributed by atoms with Crippen molar-refractivity contribution in [1.29, 1.82) is 0 Å². The molecule has 1 saturated carbocycles. The first-order valence-electron chi connectivity index (χ1n) is 7.04. The molecular weight excluding hydrogens is 240 g/mol. The van der Waals surface area contributed by atoms with Gasteiger partial charge in [0.25, 0.3) is 5.91 Å². The zero-order valence-electron chi connectivity index (χ0n) is 12.1. The molecule has 1 aromatic rings. The minimum Gasteiger partial charge on any atom is -0.388 e. The van der Waals surface area contributed by atoms with Gasteiger partial charge in [0.2, 0.25) is 0 Å². The van der Waals surface area contributed by atoms with Crippen LogP contribution < -0.4 is 5.32 Å². The van der Waals surface area contributed by atoms with Gasteiger partial charge in [-0.1, -0.05) is 19.8 Å². The third-order valence-corrected chi connectivity index (χ3v) is 4.25. The van der Waals surface area contributed by atoms with Gasteiger partial charge in [0.15, 0.2) is 0 Å². The van der Waals surface area contributed by atoms with E-state index in [1.165, 1.54) is 6.42 Å². The van der Waals surface area contributed by atoms with Gasteiger partial charge in [-0.05, 0) is 37.8 Å². The van der Waals surface area contributed by atoms with Crippen molar-refractivity contribution >= 4 is 5.91 Å². The van der Waals surface area contributed by atoms with Crippen molar-refractivity contribution in [2.45, 2.75) is 45.1 Å². The van der Waals surface area contributed by atoms with Gasteiger partial charge in [-0.25, -0.2) is 0 Å². The van der Waals surface area contributed by atoms with E-state index in [0.29, 0.717) is 18.2 Å². The van der Waals surface area contributed by atoms with E-state index in [9.17, 15) is 9.90 Å². The normalized spacial score (nSPS) is 27.3. The lowest BCUT2D eigenvalue weighted by molar-refractivity contribution is -0.0110.